The lowest BCUT2D eigenvalue weighted by molar-refractivity contribution is -0.114. The molecule has 0 radical (unpaired) electrons. The van der Waals surface area contributed by atoms with E-state index in [1.807, 2.05) is 36.4 Å². The molecule has 0 atom stereocenters. The Kier molecular flexibility index (Phi) is 5.18. The molecule has 2 aromatic heterocycles. The van der Waals surface area contributed by atoms with Gasteiger partial charge in [0, 0.05) is 17.1 Å². The Hall–Kier alpha value is -3.09. The van der Waals surface area contributed by atoms with Gasteiger partial charge in [-0.05, 0) is 31.0 Å². The van der Waals surface area contributed by atoms with E-state index >= 15 is 0 Å². The molecule has 1 saturated carbocycles. The fraction of sp³-hybridized carbons (Fsp3) is 0.350. The van der Waals surface area contributed by atoms with Crippen LogP contribution in [0.5, 0.6) is 0 Å². The summed E-state index contributed by atoms with van der Waals surface area (Å²) in [6.07, 6.45) is 7.97. The molecule has 0 unspecified atom stereocenters. The van der Waals surface area contributed by atoms with E-state index in [0.29, 0.717) is 11.9 Å². The maximum atomic E-state index is 12.3. The van der Waals surface area contributed by atoms with Crippen LogP contribution in [-0.2, 0) is 4.79 Å². The number of H-pyrrole nitrogens is 1. The number of aromatic amines is 1. The number of rotatable bonds is 6. The molecule has 1 aliphatic carbocycles. The Balaban J connectivity index is 1.41. The second-order valence-electron chi connectivity index (χ2n) is 6.93. The van der Waals surface area contributed by atoms with Crippen molar-refractivity contribution in [2.24, 2.45) is 0 Å². The summed E-state index contributed by atoms with van der Waals surface area (Å²) in [6, 6.07) is 12.1. The van der Waals surface area contributed by atoms with Crippen LogP contribution in [0.25, 0.3) is 10.9 Å². The van der Waals surface area contributed by atoms with Crippen molar-refractivity contribution >= 4 is 34.1 Å². The lowest BCUT2D eigenvalue weighted by Gasteiger charge is -2.23. The van der Waals surface area contributed by atoms with Gasteiger partial charge in [0.25, 0.3) is 0 Å². The van der Waals surface area contributed by atoms with Gasteiger partial charge in [0.05, 0.1) is 18.3 Å². The fourth-order valence-corrected chi connectivity index (χ4v) is 3.46. The Labute approximate surface area is 158 Å². The number of aromatic nitrogens is 3. The van der Waals surface area contributed by atoms with Crippen LogP contribution in [0.15, 0.2) is 42.6 Å². The summed E-state index contributed by atoms with van der Waals surface area (Å²) < 4.78 is 0. The Morgan fingerprint density at radius 2 is 1.96 bits per heavy atom. The van der Waals surface area contributed by atoms with Crippen LogP contribution in [0.4, 0.5) is 17.3 Å². The number of carbonyl (C=O) groups excluding carboxylic acids is 1. The molecule has 3 aromatic rings. The molecule has 7 heteroatoms. The highest BCUT2D eigenvalue weighted by Gasteiger charge is 2.15. The van der Waals surface area contributed by atoms with Crippen LogP contribution in [-0.4, -0.2) is 33.7 Å². The van der Waals surface area contributed by atoms with E-state index < -0.39 is 0 Å². The number of fused-ring (bicyclic) bond motifs is 1. The summed E-state index contributed by atoms with van der Waals surface area (Å²) in [5, 5.41) is 17.5. The maximum Gasteiger partial charge on any atom is 0.244 e. The van der Waals surface area contributed by atoms with Crippen molar-refractivity contribution < 1.29 is 4.79 Å². The van der Waals surface area contributed by atoms with E-state index in [0.717, 1.165) is 22.4 Å². The molecule has 7 nitrogen and oxygen atoms in total. The van der Waals surface area contributed by atoms with Crippen molar-refractivity contribution in [1.29, 1.82) is 0 Å². The van der Waals surface area contributed by atoms with E-state index in [9.17, 15) is 4.79 Å². The molecule has 0 bridgehead atoms. The van der Waals surface area contributed by atoms with Crippen molar-refractivity contribution in [2.75, 3.05) is 22.5 Å². The van der Waals surface area contributed by atoms with Gasteiger partial charge in [-0.3, -0.25) is 9.89 Å². The third kappa shape index (κ3) is 4.36. The zero-order valence-electron chi connectivity index (χ0n) is 15.2. The van der Waals surface area contributed by atoms with E-state index in [1.165, 1.54) is 32.1 Å². The number of anilines is 3. The molecule has 0 spiro atoms. The standard InChI is InChI=1S/C20H24N6O/c27-19(13-21-14-7-3-1-4-8-14)24-20-16-11-18(22-12-17(16)25-26-20)23-15-9-5-2-6-10-15/h1,3-4,7-8,11-12,15,21H,2,5-6,9-10,13H2,(H,22,23)(H2,24,25,26,27). The highest BCUT2D eigenvalue weighted by Crippen LogP contribution is 2.25. The number of para-hydroxylation sites is 1. The van der Waals surface area contributed by atoms with Gasteiger partial charge in [-0.15, -0.1) is 0 Å². The topological polar surface area (TPSA) is 94.7 Å². The van der Waals surface area contributed by atoms with Gasteiger partial charge in [-0.25, -0.2) is 4.98 Å². The first-order valence-electron chi connectivity index (χ1n) is 9.47. The van der Waals surface area contributed by atoms with Gasteiger partial charge >= 0.3 is 0 Å². The van der Waals surface area contributed by atoms with Crippen molar-refractivity contribution in [3.63, 3.8) is 0 Å². The Morgan fingerprint density at radius 3 is 2.78 bits per heavy atom. The fourth-order valence-electron chi connectivity index (χ4n) is 3.46. The highest BCUT2D eigenvalue weighted by atomic mass is 16.2. The minimum atomic E-state index is -0.147. The predicted molar refractivity (Wildman–Crippen MR) is 108 cm³/mol. The summed E-state index contributed by atoms with van der Waals surface area (Å²) >= 11 is 0. The first kappa shape index (κ1) is 17.3. The average Bonchev–Trinajstić information content (AvgIpc) is 3.10. The first-order chi connectivity index (χ1) is 13.3. The minimum absolute atomic E-state index is 0.147. The molecular weight excluding hydrogens is 340 g/mol. The third-order valence-corrected chi connectivity index (χ3v) is 4.89. The van der Waals surface area contributed by atoms with Gasteiger partial charge in [0.2, 0.25) is 5.91 Å². The second kappa shape index (κ2) is 8.07. The molecule has 4 rings (SSSR count). The van der Waals surface area contributed by atoms with Crippen molar-refractivity contribution in [3.05, 3.63) is 42.6 Å². The zero-order valence-corrected chi connectivity index (χ0v) is 15.2. The average molecular weight is 364 g/mol. The minimum Gasteiger partial charge on any atom is -0.376 e. The lowest BCUT2D eigenvalue weighted by atomic mass is 9.95. The summed E-state index contributed by atoms with van der Waals surface area (Å²) in [5.41, 5.74) is 1.71. The molecular formula is C20H24N6O. The van der Waals surface area contributed by atoms with Crippen LogP contribution in [0, 0.1) is 0 Å². The number of carbonyl (C=O) groups is 1. The van der Waals surface area contributed by atoms with Crippen LogP contribution in [0.3, 0.4) is 0 Å². The quantitative estimate of drug-likeness (QED) is 0.534. The monoisotopic (exact) mass is 364 g/mol. The number of hydrogen-bond acceptors (Lipinski definition) is 5. The summed E-state index contributed by atoms with van der Waals surface area (Å²) in [6.45, 7) is 0.177. The van der Waals surface area contributed by atoms with Gasteiger partial charge in [-0.1, -0.05) is 37.5 Å². The SMILES string of the molecule is O=C(CNc1ccccc1)Nc1n[nH]c2cnc(NC3CCCCC3)cc12. The highest BCUT2D eigenvalue weighted by molar-refractivity contribution is 6.01. The molecule has 1 fully saturated rings. The Bertz CT molecular complexity index is 901. The van der Waals surface area contributed by atoms with Crippen molar-refractivity contribution in [2.45, 2.75) is 38.1 Å². The number of pyridine rings is 1. The molecule has 0 aliphatic heterocycles. The molecule has 1 amide bonds. The number of benzene rings is 1. The normalized spacial score (nSPS) is 14.8. The molecule has 2 heterocycles. The molecule has 0 saturated heterocycles. The molecule has 27 heavy (non-hydrogen) atoms. The summed E-state index contributed by atoms with van der Waals surface area (Å²) in [4.78, 5) is 16.7. The van der Waals surface area contributed by atoms with E-state index in [1.54, 1.807) is 6.20 Å². The van der Waals surface area contributed by atoms with Gasteiger partial charge < -0.3 is 16.0 Å². The number of hydrogen-bond donors (Lipinski definition) is 4. The number of nitrogens with zero attached hydrogens (tertiary/aromatic N) is 2. The lowest BCUT2D eigenvalue weighted by Crippen LogP contribution is -2.23. The predicted octanol–water partition coefficient (Wildman–Crippen LogP) is 3.75. The van der Waals surface area contributed by atoms with Crippen LogP contribution in [0.1, 0.15) is 32.1 Å². The number of amides is 1. The molecule has 1 aromatic carbocycles. The van der Waals surface area contributed by atoms with Gasteiger partial charge in [-0.2, -0.15) is 5.10 Å². The van der Waals surface area contributed by atoms with Gasteiger partial charge in [0.15, 0.2) is 5.82 Å². The number of nitrogens with one attached hydrogen (secondary N) is 4. The van der Waals surface area contributed by atoms with E-state index in [-0.39, 0.29) is 12.5 Å². The second-order valence-corrected chi connectivity index (χ2v) is 6.93. The summed E-state index contributed by atoms with van der Waals surface area (Å²) in [7, 11) is 0. The van der Waals surface area contributed by atoms with Crippen molar-refractivity contribution in [1.82, 2.24) is 15.2 Å². The smallest absolute Gasteiger partial charge is 0.244 e. The maximum absolute atomic E-state index is 12.3. The van der Waals surface area contributed by atoms with E-state index in [2.05, 4.69) is 31.1 Å². The molecule has 1 aliphatic rings. The van der Waals surface area contributed by atoms with Crippen LogP contribution in [0.2, 0.25) is 0 Å². The molecule has 140 valence electrons. The largest absolute Gasteiger partial charge is 0.376 e. The molecule has 4 N–H and O–H groups in total. The summed E-state index contributed by atoms with van der Waals surface area (Å²) in [5.74, 6) is 1.21. The van der Waals surface area contributed by atoms with Crippen molar-refractivity contribution in [3.8, 4) is 0 Å². The first-order valence-corrected chi connectivity index (χ1v) is 9.47. The van der Waals surface area contributed by atoms with E-state index in [4.69, 9.17) is 0 Å². The van der Waals surface area contributed by atoms with Gasteiger partial charge in [0.1, 0.15) is 5.82 Å². The zero-order chi connectivity index (χ0) is 18.5. The van der Waals surface area contributed by atoms with Crippen LogP contribution < -0.4 is 16.0 Å². The van der Waals surface area contributed by atoms with Crippen LogP contribution >= 0.6 is 0 Å². The Morgan fingerprint density at radius 1 is 1.15 bits per heavy atom. The third-order valence-electron chi connectivity index (χ3n) is 4.89.